The highest BCUT2D eigenvalue weighted by atomic mass is 16.5. The van der Waals surface area contributed by atoms with E-state index < -0.39 is 0 Å². The fraction of sp³-hybridized carbons (Fsp3) is 0.476. The zero-order valence-corrected chi connectivity index (χ0v) is 16.0. The van der Waals surface area contributed by atoms with E-state index in [1.54, 1.807) is 18.6 Å². The number of aryl methyl sites for hydroxylation is 2. The number of hydrogen-bond acceptors (Lipinski definition) is 5. The number of benzene rings is 1. The molecule has 2 aliphatic rings. The number of hydrogen-bond donors (Lipinski definition) is 0. The van der Waals surface area contributed by atoms with Crippen LogP contribution in [0.15, 0.2) is 36.8 Å². The molecule has 0 spiro atoms. The van der Waals surface area contributed by atoms with Crippen LogP contribution in [-0.4, -0.2) is 64.1 Å². The predicted molar refractivity (Wildman–Crippen MR) is 102 cm³/mol. The quantitative estimate of drug-likeness (QED) is 0.834. The average molecular weight is 366 g/mol. The van der Waals surface area contributed by atoms with Crippen molar-refractivity contribution in [1.82, 2.24) is 19.8 Å². The first-order valence-corrected chi connectivity index (χ1v) is 9.59. The molecule has 2 atom stereocenters. The lowest BCUT2D eigenvalue weighted by Crippen LogP contribution is -2.61. The van der Waals surface area contributed by atoms with Crippen LogP contribution in [0, 0.1) is 13.8 Å². The zero-order chi connectivity index (χ0) is 18.8. The first-order chi connectivity index (χ1) is 13.1. The van der Waals surface area contributed by atoms with Crippen LogP contribution in [-0.2, 0) is 11.3 Å². The van der Waals surface area contributed by atoms with Gasteiger partial charge in [-0.15, -0.1) is 0 Å². The standard InChI is InChI=1S/C21H26N4O2/c1-15-3-4-17(11-16(15)2)13-24-8-5-20-19(14-24)25(9-10-27-20)21(26)18-12-22-6-7-23-18/h3-4,6-7,11-12,19-20H,5,8-10,13-14H2,1-2H3/t19-,20-/m1/s1. The molecule has 0 N–H and O–H groups in total. The van der Waals surface area contributed by atoms with Crippen molar-refractivity contribution in [2.24, 2.45) is 0 Å². The molecule has 6 heteroatoms. The fourth-order valence-electron chi connectivity index (χ4n) is 4.05. The van der Waals surface area contributed by atoms with E-state index in [2.05, 4.69) is 46.9 Å². The van der Waals surface area contributed by atoms with Gasteiger partial charge in [0, 0.05) is 38.6 Å². The molecule has 0 saturated carbocycles. The molecule has 3 heterocycles. The lowest BCUT2D eigenvalue weighted by Gasteiger charge is -2.47. The van der Waals surface area contributed by atoms with Crippen LogP contribution in [0.2, 0.25) is 0 Å². The number of piperidine rings is 1. The van der Waals surface area contributed by atoms with E-state index in [1.165, 1.54) is 16.7 Å². The Hall–Kier alpha value is -2.31. The highest BCUT2D eigenvalue weighted by Crippen LogP contribution is 2.25. The molecular weight excluding hydrogens is 340 g/mol. The van der Waals surface area contributed by atoms with Crippen molar-refractivity contribution in [3.63, 3.8) is 0 Å². The molecule has 1 aromatic carbocycles. The lowest BCUT2D eigenvalue weighted by molar-refractivity contribution is -0.0915. The number of aromatic nitrogens is 2. The largest absolute Gasteiger partial charge is 0.374 e. The van der Waals surface area contributed by atoms with E-state index in [-0.39, 0.29) is 18.1 Å². The number of carbonyl (C=O) groups excluding carboxylic acids is 1. The molecule has 1 amide bonds. The van der Waals surface area contributed by atoms with Gasteiger partial charge in [0.15, 0.2) is 0 Å². The van der Waals surface area contributed by atoms with Gasteiger partial charge in [0.05, 0.1) is 24.9 Å². The van der Waals surface area contributed by atoms with Gasteiger partial charge in [0.25, 0.3) is 5.91 Å². The summed E-state index contributed by atoms with van der Waals surface area (Å²) in [6.45, 7) is 8.20. The molecule has 0 aliphatic carbocycles. The van der Waals surface area contributed by atoms with E-state index in [1.807, 2.05) is 4.90 Å². The van der Waals surface area contributed by atoms with Crippen LogP contribution in [0.4, 0.5) is 0 Å². The van der Waals surface area contributed by atoms with Crippen molar-refractivity contribution in [2.45, 2.75) is 39.0 Å². The molecule has 4 rings (SSSR count). The summed E-state index contributed by atoms with van der Waals surface area (Å²) >= 11 is 0. The molecule has 0 unspecified atom stereocenters. The number of ether oxygens (including phenoxy) is 1. The summed E-state index contributed by atoms with van der Waals surface area (Å²) in [5.41, 5.74) is 4.37. The topological polar surface area (TPSA) is 58.6 Å². The zero-order valence-electron chi connectivity index (χ0n) is 16.0. The molecule has 0 bridgehead atoms. The number of carbonyl (C=O) groups is 1. The fourth-order valence-corrected chi connectivity index (χ4v) is 4.05. The summed E-state index contributed by atoms with van der Waals surface area (Å²) in [5.74, 6) is -0.0468. The van der Waals surface area contributed by atoms with Crippen LogP contribution in [0.1, 0.15) is 33.6 Å². The second-order valence-electron chi connectivity index (χ2n) is 7.51. The molecule has 2 saturated heterocycles. The normalized spacial score (nSPS) is 23.1. The Morgan fingerprint density at radius 2 is 2.11 bits per heavy atom. The van der Waals surface area contributed by atoms with E-state index in [9.17, 15) is 4.79 Å². The van der Waals surface area contributed by atoms with Crippen molar-refractivity contribution >= 4 is 5.91 Å². The van der Waals surface area contributed by atoms with Gasteiger partial charge in [-0.2, -0.15) is 0 Å². The Labute approximate surface area is 160 Å². The van der Waals surface area contributed by atoms with Gasteiger partial charge in [-0.05, 0) is 37.0 Å². The number of likely N-dealkylation sites (tertiary alicyclic amines) is 1. The molecule has 2 fully saturated rings. The molecule has 1 aromatic heterocycles. The maximum Gasteiger partial charge on any atom is 0.274 e. The molecule has 0 radical (unpaired) electrons. The van der Waals surface area contributed by atoms with Crippen molar-refractivity contribution in [3.05, 3.63) is 59.2 Å². The van der Waals surface area contributed by atoms with Gasteiger partial charge in [-0.1, -0.05) is 18.2 Å². The summed E-state index contributed by atoms with van der Waals surface area (Å²) < 4.78 is 5.97. The van der Waals surface area contributed by atoms with Crippen molar-refractivity contribution in [1.29, 1.82) is 0 Å². The number of rotatable bonds is 3. The monoisotopic (exact) mass is 366 g/mol. The Morgan fingerprint density at radius 1 is 1.22 bits per heavy atom. The molecule has 142 valence electrons. The third-order valence-electron chi connectivity index (χ3n) is 5.69. The minimum absolute atomic E-state index is 0.0468. The van der Waals surface area contributed by atoms with Gasteiger partial charge < -0.3 is 9.64 Å². The first kappa shape index (κ1) is 18.1. The lowest BCUT2D eigenvalue weighted by atomic mass is 9.97. The third-order valence-corrected chi connectivity index (χ3v) is 5.69. The molecule has 2 aliphatic heterocycles. The Balaban J connectivity index is 1.48. The van der Waals surface area contributed by atoms with Crippen molar-refractivity contribution < 1.29 is 9.53 Å². The Bertz CT molecular complexity index is 811. The summed E-state index contributed by atoms with van der Waals surface area (Å²) in [6.07, 6.45) is 5.75. The van der Waals surface area contributed by atoms with Gasteiger partial charge in [-0.25, -0.2) is 4.98 Å². The summed E-state index contributed by atoms with van der Waals surface area (Å²) in [5, 5.41) is 0. The summed E-state index contributed by atoms with van der Waals surface area (Å²) in [7, 11) is 0. The van der Waals surface area contributed by atoms with Crippen LogP contribution in [0.25, 0.3) is 0 Å². The molecule has 27 heavy (non-hydrogen) atoms. The van der Waals surface area contributed by atoms with Gasteiger partial charge in [-0.3, -0.25) is 14.7 Å². The predicted octanol–water partition coefficient (Wildman–Crippen LogP) is 2.21. The second kappa shape index (κ2) is 7.74. The Morgan fingerprint density at radius 3 is 2.89 bits per heavy atom. The summed E-state index contributed by atoms with van der Waals surface area (Å²) in [4.78, 5) is 25.5. The maximum absolute atomic E-state index is 13.0. The van der Waals surface area contributed by atoms with E-state index >= 15 is 0 Å². The highest BCUT2D eigenvalue weighted by molar-refractivity contribution is 5.92. The summed E-state index contributed by atoms with van der Waals surface area (Å²) in [6, 6.07) is 6.72. The molecule has 2 aromatic rings. The molecular formula is C21H26N4O2. The van der Waals surface area contributed by atoms with Gasteiger partial charge in [0.2, 0.25) is 0 Å². The third kappa shape index (κ3) is 3.87. The van der Waals surface area contributed by atoms with Crippen LogP contribution in [0.5, 0.6) is 0 Å². The number of nitrogens with zero attached hydrogens (tertiary/aromatic N) is 4. The smallest absolute Gasteiger partial charge is 0.274 e. The SMILES string of the molecule is Cc1ccc(CN2CC[C@H]3OCCN(C(=O)c4cnccn4)[C@@H]3C2)cc1C. The van der Waals surface area contributed by atoms with Crippen LogP contribution >= 0.6 is 0 Å². The van der Waals surface area contributed by atoms with E-state index in [4.69, 9.17) is 4.74 Å². The number of amides is 1. The Kier molecular flexibility index (Phi) is 5.18. The van der Waals surface area contributed by atoms with Crippen LogP contribution < -0.4 is 0 Å². The minimum Gasteiger partial charge on any atom is -0.374 e. The second-order valence-corrected chi connectivity index (χ2v) is 7.51. The van der Waals surface area contributed by atoms with Crippen molar-refractivity contribution in [2.75, 3.05) is 26.2 Å². The van der Waals surface area contributed by atoms with Crippen LogP contribution in [0.3, 0.4) is 0 Å². The van der Waals surface area contributed by atoms with Gasteiger partial charge in [0.1, 0.15) is 5.69 Å². The highest BCUT2D eigenvalue weighted by Gasteiger charge is 2.39. The van der Waals surface area contributed by atoms with Crippen molar-refractivity contribution in [3.8, 4) is 0 Å². The maximum atomic E-state index is 13.0. The van der Waals surface area contributed by atoms with Gasteiger partial charge >= 0.3 is 0 Å². The number of morpholine rings is 1. The average Bonchev–Trinajstić information content (AvgIpc) is 2.70. The number of fused-ring (bicyclic) bond motifs is 1. The van der Waals surface area contributed by atoms with E-state index in [0.717, 1.165) is 26.1 Å². The first-order valence-electron chi connectivity index (χ1n) is 9.59. The minimum atomic E-state index is -0.0468. The molecule has 6 nitrogen and oxygen atoms in total. The van der Waals surface area contributed by atoms with E-state index in [0.29, 0.717) is 18.8 Å².